The number of aromatic hydroxyl groups is 2. The van der Waals surface area contributed by atoms with E-state index in [0.717, 1.165) is 0 Å². The number of fused-ring (bicyclic) bond motifs is 4. The van der Waals surface area contributed by atoms with E-state index in [1.165, 1.54) is 25.3 Å². The molecule has 2 fully saturated rings. The number of rotatable bonds is 9. The van der Waals surface area contributed by atoms with E-state index in [0.29, 0.717) is 12.8 Å². The highest BCUT2D eigenvalue weighted by Gasteiger charge is 2.67. The van der Waals surface area contributed by atoms with Gasteiger partial charge >= 0.3 is 12.1 Å². The molecule has 1 saturated heterocycles. The maximum absolute atomic E-state index is 14.1. The number of aliphatic hydroxyl groups is 3. The molecule has 310 valence electrons. The lowest BCUT2D eigenvalue weighted by Gasteiger charge is -2.39. The van der Waals surface area contributed by atoms with Crippen LogP contribution in [0.2, 0.25) is 0 Å². The van der Waals surface area contributed by atoms with E-state index in [1.54, 1.807) is 26.0 Å². The molecule has 10 atom stereocenters. The number of methoxy groups -OCH3 is 1. The van der Waals surface area contributed by atoms with Crippen LogP contribution in [0.5, 0.6) is 17.2 Å². The molecular weight excluding hydrogens is 760 g/mol. The van der Waals surface area contributed by atoms with Gasteiger partial charge in [0.1, 0.15) is 48.2 Å². The van der Waals surface area contributed by atoms with E-state index < -0.39 is 143 Å². The van der Waals surface area contributed by atoms with Gasteiger partial charge in [-0.25, -0.2) is 4.79 Å². The van der Waals surface area contributed by atoms with E-state index in [2.05, 4.69) is 10.6 Å². The summed E-state index contributed by atoms with van der Waals surface area (Å²) in [5.74, 6) is -8.06. The summed E-state index contributed by atoms with van der Waals surface area (Å²) in [6.07, 6.45) is -0.745. The minimum atomic E-state index is -2.30. The number of hydrogen-bond acceptors (Lipinski definition) is 14. The van der Waals surface area contributed by atoms with Gasteiger partial charge in [-0.3, -0.25) is 24.0 Å². The number of allylic oxidation sites excluding steroid dienone is 1. The van der Waals surface area contributed by atoms with Crippen LogP contribution in [0.1, 0.15) is 94.8 Å². The van der Waals surface area contributed by atoms with Crippen molar-refractivity contribution < 1.29 is 73.6 Å². The molecule has 0 bridgehead atoms. The van der Waals surface area contributed by atoms with Crippen molar-refractivity contribution in [2.45, 2.75) is 94.3 Å². The number of carbonyl (C=O) groups excluding carboxylic acids is 5. The molecule has 4 unspecified atom stereocenters. The van der Waals surface area contributed by atoms with E-state index in [-0.39, 0.29) is 40.8 Å². The Bertz CT molecular complexity index is 2130. The molecule has 2 aromatic carbocycles. The van der Waals surface area contributed by atoms with Crippen LogP contribution in [-0.4, -0.2) is 122 Å². The van der Waals surface area contributed by atoms with Crippen molar-refractivity contribution in [3.05, 3.63) is 63.7 Å². The van der Waals surface area contributed by atoms with Gasteiger partial charge in [0.05, 0.1) is 42.0 Å². The lowest BCUT2D eigenvalue weighted by Crippen LogP contribution is -2.54. The molecule has 7 rings (SSSR count). The molecule has 0 aromatic heterocycles. The van der Waals surface area contributed by atoms with Crippen LogP contribution in [0.4, 0.5) is 4.79 Å². The number of alkyl carbamates (subject to hydrolysis) is 1. The molecule has 58 heavy (non-hydrogen) atoms. The number of phenolic OH excluding ortho intramolecular Hbond substituents is 2. The monoisotopic (exact) mass is 806 g/mol. The number of aliphatic hydroxyl groups excluding tert-OH is 2. The topological polar surface area (TPSA) is 276 Å². The summed E-state index contributed by atoms with van der Waals surface area (Å²) in [5.41, 5.74) is -4.63. The Morgan fingerprint density at radius 3 is 2.43 bits per heavy atom. The number of ketones is 3. The number of phenols is 2. The predicted octanol–water partition coefficient (Wildman–Crippen LogP) is 1.40. The van der Waals surface area contributed by atoms with Crippen molar-refractivity contribution >= 4 is 35.3 Å². The number of aliphatic carboxylic acids is 1. The molecule has 0 radical (unpaired) electrons. The second-order valence-corrected chi connectivity index (χ2v) is 16.2. The normalized spacial score (nSPS) is 32.8. The summed E-state index contributed by atoms with van der Waals surface area (Å²) < 4.78 is 17.3. The maximum Gasteiger partial charge on any atom is 0.408 e. The molecule has 1 aliphatic heterocycles. The third-order valence-corrected chi connectivity index (χ3v) is 12.7. The largest absolute Gasteiger partial charge is 0.507 e. The van der Waals surface area contributed by atoms with Crippen molar-refractivity contribution in [2.75, 3.05) is 20.3 Å². The van der Waals surface area contributed by atoms with Crippen LogP contribution in [0.3, 0.4) is 0 Å². The third-order valence-electron chi connectivity index (χ3n) is 12.7. The van der Waals surface area contributed by atoms with Gasteiger partial charge in [-0.05, 0) is 63.0 Å². The van der Waals surface area contributed by atoms with E-state index in [1.807, 2.05) is 0 Å². The van der Waals surface area contributed by atoms with Crippen LogP contribution >= 0.6 is 0 Å². The van der Waals surface area contributed by atoms with Crippen LogP contribution < -0.4 is 15.4 Å². The molecule has 8 N–H and O–H groups in total. The third kappa shape index (κ3) is 6.78. The fourth-order valence-corrected chi connectivity index (χ4v) is 9.53. The SMILES string of the molecule is COc1cccc2c1C(=O)c1c(O)c3c(c(O)c1C2=O)C[C@@](O)(C(=O)CO)C[C@@H]3C1C2C(NC(=O)O[C@@H]3/C=C/CC[C@](C)(C(=O)NCC(=O)O)CC3)[C@@H](O)C(C)O[C@H]21. The Morgan fingerprint density at radius 1 is 1.02 bits per heavy atom. The molecule has 17 nitrogen and oxygen atoms in total. The molecule has 0 spiro atoms. The highest BCUT2D eigenvalue weighted by atomic mass is 16.6. The second-order valence-electron chi connectivity index (χ2n) is 16.2. The van der Waals surface area contributed by atoms with E-state index in [4.69, 9.17) is 19.3 Å². The van der Waals surface area contributed by atoms with Gasteiger partial charge in [-0.2, -0.15) is 0 Å². The molecule has 5 aliphatic rings. The minimum Gasteiger partial charge on any atom is -0.507 e. The maximum atomic E-state index is 14.1. The number of carboxylic acids is 1. The van der Waals surface area contributed by atoms with Gasteiger partial charge in [0.25, 0.3) is 0 Å². The number of hydrogen-bond donors (Lipinski definition) is 8. The van der Waals surface area contributed by atoms with Gasteiger partial charge in [-0.15, -0.1) is 0 Å². The molecule has 1 saturated carbocycles. The standard InChI is InChI=1S/C41H46N2O15/c1-17-32(48)31(43-39(54)58-18-7-4-5-11-40(2,12-10-18)38(53)42-15-24(46)47)28-27(37(28)57-17)20-13-41(55,23(45)16-44)14-21-25(20)35(51)30-29(34(21)50)33(49)19-8-6-9-22(56-3)26(19)36(30)52/h4,6-9,17-18,20,27-28,31-32,37,44,48,50-51,55H,5,10-16H2,1-3H3,(H,42,53)(H,43,54)(H,46,47)/b7-4+/t17?,18-,20+,27?,28?,31?,32+,37+,40+,41-/m1/s1. The summed E-state index contributed by atoms with van der Waals surface area (Å²) in [4.78, 5) is 78.5. The van der Waals surface area contributed by atoms with Gasteiger partial charge in [0.15, 0.2) is 11.6 Å². The van der Waals surface area contributed by atoms with Crippen molar-refractivity contribution in [3.8, 4) is 17.2 Å². The van der Waals surface area contributed by atoms with Crippen LogP contribution in [0.15, 0.2) is 30.4 Å². The van der Waals surface area contributed by atoms with Gasteiger partial charge in [0, 0.05) is 34.4 Å². The smallest absolute Gasteiger partial charge is 0.408 e. The number of Topliss-reactive ketones (excluding diaryl/α,β-unsaturated/α-hetero) is 1. The van der Waals surface area contributed by atoms with Crippen molar-refractivity contribution in [1.29, 1.82) is 0 Å². The predicted molar refractivity (Wildman–Crippen MR) is 199 cm³/mol. The molecular formula is C41H46N2O15. The Labute approximate surface area is 332 Å². The zero-order chi connectivity index (χ0) is 42.0. The van der Waals surface area contributed by atoms with Crippen molar-refractivity contribution in [3.63, 3.8) is 0 Å². The number of carbonyl (C=O) groups is 6. The number of nitrogens with one attached hydrogen (secondary N) is 2. The fraction of sp³-hybridized carbons (Fsp3) is 0.512. The average molecular weight is 807 g/mol. The van der Waals surface area contributed by atoms with Crippen LogP contribution in [0, 0.1) is 17.3 Å². The molecule has 2 amide bonds. The van der Waals surface area contributed by atoms with Gasteiger partial charge in [-0.1, -0.05) is 25.1 Å². The number of benzene rings is 2. The Morgan fingerprint density at radius 2 is 1.74 bits per heavy atom. The molecule has 4 aliphatic carbocycles. The summed E-state index contributed by atoms with van der Waals surface area (Å²) in [7, 11) is 1.31. The first-order valence-electron chi connectivity index (χ1n) is 19.2. The first-order chi connectivity index (χ1) is 27.5. The van der Waals surface area contributed by atoms with Crippen LogP contribution in [-0.2, 0) is 30.3 Å². The minimum absolute atomic E-state index is 0.0206. The van der Waals surface area contributed by atoms with E-state index >= 15 is 0 Å². The summed E-state index contributed by atoms with van der Waals surface area (Å²) >= 11 is 0. The first-order valence-corrected chi connectivity index (χ1v) is 19.2. The Kier molecular flexibility index (Phi) is 10.6. The number of amides is 2. The number of ether oxygens (including phenoxy) is 3. The Hall–Kier alpha value is -5.36. The zero-order valence-electron chi connectivity index (χ0n) is 32.0. The highest BCUT2D eigenvalue weighted by Crippen LogP contribution is 2.63. The first kappa shape index (κ1) is 40.8. The quantitative estimate of drug-likeness (QED) is 0.112. The molecule has 17 heteroatoms. The zero-order valence-corrected chi connectivity index (χ0v) is 32.0. The average Bonchev–Trinajstić information content (AvgIpc) is 3.90. The number of carboxylic acid groups (broad SMARTS) is 1. The van der Waals surface area contributed by atoms with Crippen LogP contribution in [0.25, 0.3) is 0 Å². The van der Waals surface area contributed by atoms with Gasteiger partial charge < -0.3 is 55.5 Å². The lowest BCUT2D eigenvalue weighted by molar-refractivity contribution is -0.142. The Balaban J connectivity index is 1.19. The summed E-state index contributed by atoms with van der Waals surface area (Å²) in [6, 6.07) is 3.30. The summed E-state index contributed by atoms with van der Waals surface area (Å²) in [5, 5.41) is 71.0. The van der Waals surface area contributed by atoms with Crippen molar-refractivity contribution in [2.24, 2.45) is 17.3 Å². The highest BCUT2D eigenvalue weighted by molar-refractivity contribution is 6.31. The lowest BCUT2D eigenvalue weighted by atomic mass is 9.67. The molecule has 2 aromatic rings. The second kappa shape index (κ2) is 15.1. The van der Waals surface area contributed by atoms with Gasteiger partial charge in [0.2, 0.25) is 11.7 Å². The fourth-order valence-electron chi connectivity index (χ4n) is 9.53. The molecule has 1 heterocycles. The summed E-state index contributed by atoms with van der Waals surface area (Å²) in [6.45, 7) is 1.69. The van der Waals surface area contributed by atoms with E-state index in [9.17, 15) is 54.3 Å². The van der Waals surface area contributed by atoms with Crippen molar-refractivity contribution in [1.82, 2.24) is 10.6 Å².